The molecule has 0 aliphatic heterocycles. The lowest BCUT2D eigenvalue weighted by Gasteiger charge is -2.08. The van der Waals surface area contributed by atoms with E-state index >= 15 is 0 Å². The van der Waals surface area contributed by atoms with Gasteiger partial charge in [0.15, 0.2) is 0 Å². The Labute approximate surface area is 141 Å². The number of rotatable bonds is 3. The number of amides is 1. The number of hydrogen-bond donors (Lipinski definition) is 1. The highest BCUT2D eigenvalue weighted by atomic mass is 32.1. The predicted molar refractivity (Wildman–Crippen MR) is 87.5 cm³/mol. The SMILES string of the molecule is O=C(NN=Cc1ccc(C(F)(F)F)cc1)c1cc2c(s1)CCCC2. The number of fused-ring (bicyclic) bond motifs is 1. The van der Waals surface area contributed by atoms with Crippen molar-refractivity contribution in [3.8, 4) is 0 Å². The molecule has 0 saturated carbocycles. The molecule has 24 heavy (non-hydrogen) atoms. The lowest BCUT2D eigenvalue weighted by Crippen LogP contribution is -2.16. The molecule has 0 bridgehead atoms. The number of thiophene rings is 1. The monoisotopic (exact) mass is 352 g/mol. The van der Waals surface area contributed by atoms with Crippen molar-refractivity contribution in [2.24, 2.45) is 5.10 Å². The summed E-state index contributed by atoms with van der Waals surface area (Å²) in [6, 6.07) is 6.49. The van der Waals surface area contributed by atoms with E-state index in [1.165, 1.54) is 40.1 Å². The van der Waals surface area contributed by atoms with E-state index in [9.17, 15) is 18.0 Å². The van der Waals surface area contributed by atoms with Crippen LogP contribution in [-0.2, 0) is 19.0 Å². The minimum absolute atomic E-state index is 0.294. The topological polar surface area (TPSA) is 41.5 Å². The molecular formula is C17H15F3N2OS. The van der Waals surface area contributed by atoms with E-state index in [2.05, 4.69) is 10.5 Å². The first-order chi connectivity index (χ1) is 11.4. The summed E-state index contributed by atoms with van der Waals surface area (Å²) in [5.41, 5.74) is 3.42. The molecule has 2 aromatic rings. The molecule has 1 aromatic heterocycles. The van der Waals surface area contributed by atoms with E-state index in [0.29, 0.717) is 10.4 Å². The third-order valence-corrected chi connectivity index (χ3v) is 5.07. The molecule has 7 heteroatoms. The normalized spacial score (nSPS) is 14.6. The Morgan fingerprint density at radius 2 is 1.88 bits per heavy atom. The molecule has 3 rings (SSSR count). The molecule has 1 aromatic carbocycles. The zero-order valence-electron chi connectivity index (χ0n) is 12.7. The maximum Gasteiger partial charge on any atom is 0.416 e. The second kappa shape index (κ2) is 6.76. The quantitative estimate of drug-likeness (QED) is 0.645. The number of nitrogens with zero attached hydrogens (tertiary/aromatic N) is 1. The summed E-state index contributed by atoms with van der Waals surface area (Å²) in [5, 5.41) is 3.82. The maximum atomic E-state index is 12.5. The molecule has 1 aliphatic rings. The van der Waals surface area contributed by atoms with Gasteiger partial charge in [0.05, 0.1) is 16.7 Å². The first-order valence-corrected chi connectivity index (χ1v) is 8.37. The van der Waals surface area contributed by atoms with Gasteiger partial charge in [-0.2, -0.15) is 18.3 Å². The molecule has 1 heterocycles. The van der Waals surface area contributed by atoms with Crippen LogP contribution in [0.1, 0.15) is 44.1 Å². The molecule has 0 radical (unpaired) electrons. The van der Waals surface area contributed by atoms with Crippen molar-refractivity contribution in [1.82, 2.24) is 5.43 Å². The summed E-state index contributed by atoms with van der Waals surface area (Å²) in [4.78, 5) is 14.0. The Bertz CT molecular complexity index is 740. The summed E-state index contributed by atoms with van der Waals surface area (Å²) in [5.74, 6) is -0.294. The lowest BCUT2D eigenvalue weighted by molar-refractivity contribution is -0.137. The van der Waals surface area contributed by atoms with Gasteiger partial charge in [-0.05, 0) is 55.0 Å². The Hall–Kier alpha value is -2.15. The van der Waals surface area contributed by atoms with E-state index in [1.54, 1.807) is 0 Å². The minimum atomic E-state index is -4.36. The van der Waals surface area contributed by atoms with E-state index in [0.717, 1.165) is 37.8 Å². The minimum Gasteiger partial charge on any atom is -0.266 e. The van der Waals surface area contributed by atoms with Crippen molar-refractivity contribution in [2.45, 2.75) is 31.9 Å². The maximum absolute atomic E-state index is 12.5. The van der Waals surface area contributed by atoms with Gasteiger partial charge in [0.25, 0.3) is 5.91 Å². The molecule has 1 amide bonds. The van der Waals surface area contributed by atoms with E-state index < -0.39 is 11.7 Å². The molecule has 0 saturated heterocycles. The molecule has 1 aliphatic carbocycles. The largest absolute Gasteiger partial charge is 0.416 e. The number of carbonyl (C=O) groups excluding carboxylic acids is 1. The van der Waals surface area contributed by atoms with Gasteiger partial charge in [0.1, 0.15) is 0 Å². The fraction of sp³-hybridized carbons (Fsp3) is 0.294. The third kappa shape index (κ3) is 3.84. The van der Waals surface area contributed by atoms with Gasteiger partial charge in [0, 0.05) is 4.88 Å². The van der Waals surface area contributed by atoms with E-state index in [1.807, 2.05) is 6.07 Å². The van der Waals surface area contributed by atoms with Crippen molar-refractivity contribution >= 4 is 23.5 Å². The Kier molecular flexibility index (Phi) is 4.71. The Balaban J connectivity index is 1.61. The zero-order chi connectivity index (χ0) is 17.2. The number of carbonyl (C=O) groups is 1. The molecular weight excluding hydrogens is 337 g/mol. The molecule has 3 nitrogen and oxygen atoms in total. The van der Waals surface area contributed by atoms with Gasteiger partial charge in [0.2, 0.25) is 0 Å². The first-order valence-electron chi connectivity index (χ1n) is 7.56. The van der Waals surface area contributed by atoms with Crippen LogP contribution in [0.15, 0.2) is 35.4 Å². The van der Waals surface area contributed by atoms with Gasteiger partial charge in [-0.1, -0.05) is 12.1 Å². The Morgan fingerprint density at radius 3 is 2.54 bits per heavy atom. The third-order valence-electron chi connectivity index (χ3n) is 3.84. The molecule has 0 spiro atoms. The fourth-order valence-electron chi connectivity index (χ4n) is 2.58. The summed E-state index contributed by atoms with van der Waals surface area (Å²) in [7, 11) is 0. The second-order valence-electron chi connectivity index (χ2n) is 5.59. The molecule has 1 N–H and O–H groups in total. The van der Waals surface area contributed by atoms with Crippen LogP contribution in [0, 0.1) is 0 Å². The summed E-state index contributed by atoms with van der Waals surface area (Å²) in [6.07, 6.45) is 1.29. The van der Waals surface area contributed by atoms with Crippen LogP contribution < -0.4 is 5.43 Å². The van der Waals surface area contributed by atoms with Gasteiger partial charge >= 0.3 is 6.18 Å². The smallest absolute Gasteiger partial charge is 0.266 e. The van der Waals surface area contributed by atoms with Crippen LogP contribution in [0.4, 0.5) is 13.2 Å². The highest BCUT2D eigenvalue weighted by Gasteiger charge is 2.29. The van der Waals surface area contributed by atoms with Gasteiger partial charge < -0.3 is 0 Å². The highest BCUT2D eigenvalue weighted by Crippen LogP contribution is 2.30. The molecule has 0 atom stereocenters. The van der Waals surface area contributed by atoms with Crippen molar-refractivity contribution in [1.29, 1.82) is 0 Å². The second-order valence-corrected chi connectivity index (χ2v) is 6.72. The molecule has 126 valence electrons. The van der Waals surface area contributed by atoms with Crippen LogP contribution in [0.3, 0.4) is 0 Å². The number of benzene rings is 1. The number of alkyl halides is 3. The number of halogens is 3. The van der Waals surface area contributed by atoms with Crippen molar-refractivity contribution in [2.75, 3.05) is 0 Å². The van der Waals surface area contributed by atoms with Crippen LogP contribution in [-0.4, -0.2) is 12.1 Å². The van der Waals surface area contributed by atoms with E-state index in [4.69, 9.17) is 0 Å². The highest BCUT2D eigenvalue weighted by molar-refractivity contribution is 7.14. The predicted octanol–water partition coefficient (Wildman–Crippen LogP) is 4.41. The average Bonchev–Trinajstić information content (AvgIpc) is 2.98. The van der Waals surface area contributed by atoms with Crippen LogP contribution in [0.5, 0.6) is 0 Å². The van der Waals surface area contributed by atoms with Gasteiger partial charge in [-0.25, -0.2) is 5.43 Å². The fourth-order valence-corrected chi connectivity index (χ4v) is 3.72. The summed E-state index contributed by atoms with van der Waals surface area (Å²) in [6.45, 7) is 0. The van der Waals surface area contributed by atoms with E-state index in [-0.39, 0.29) is 5.91 Å². The number of aryl methyl sites for hydroxylation is 2. The lowest BCUT2D eigenvalue weighted by atomic mass is 9.99. The van der Waals surface area contributed by atoms with Crippen LogP contribution in [0.2, 0.25) is 0 Å². The number of nitrogens with one attached hydrogen (secondary N) is 1. The zero-order valence-corrected chi connectivity index (χ0v) is 13.5. The van der Waals surface area contributed by atoms with Crippen LogP contribution >= 0.6 is 11.3 Å². The van der Waals surface area contributed by atoms with Crippen molar-refractivity contribution in [3.63, 3.8) is 0 Å². The number of hydrogen-bond acceptors (Lipinski definition) is 3. The molecule has 0 unspecified atom stereocenters. The summed E-state index contributed by atoms with van der Waals surface area (Å²) >= 11 is 1.48. The standard InChI is InChI=1S/C17H15F3N2OS/c18-17(19,20)13-7-5-11(6-8-13)10-21-22-16(23)15-9-12-3-1-2-4-14(12)24-15/h5-10H,1-4H2,(H,22,23). The van der Waals surface area contributed by atoms with Crippen LogP contribution in [0.25, 0.3) is 0 Å². The van der Waals surface area contributed by atoms with Crippen molar-refractivity contribution < 1.29 is 18.0 Å². The van der Waals surface area contributed by atoms with Gasteiger partial charge in [-0.15, -0.1) is 11.3 Å². The average molecular weight is 352 g/mol. The Morgan fingerprint density at radius 1 is 1.17 bits per heavy atom. The first kappa shape index (κ1) is 16.7. The summed E-state index contributed by atoms with van der Waals surface area (Å²) < 4.78 is 37.4. The van der Waals surface area contributed by atoms with Gasteiger partial charge in [-0.3, -0.25) is 4.79 Å². The number of hydrazone groups is 1. The molecule has 0 fully saturated rings. The van der Waals surface area contributed by atoms with Crippen molar-refractivity contribution in [3.05, 3.63) is 56.8 Å².